The Hall–Kier alpha value is -1.55. The van der Waals surface area contributed by atoms with Crippen LogP contribution >= 0.6 is 0 Å². The fourth-order valence-electron chi connectivity index (χ4n) is 3.07. The molecule has 4 heteroatoms. The summed E-state index contributed by atoms with van der Waals surface area (Å²) in [4.78, 5) is 14.7. The van der Waals surface area contributed by atoms with Crippen molar-refractivity contribution >= 4 is 11.6 Å². The van der Waals surface area contributed by atoms with Crippen molar-refractivity contribution in [3.05, 3.63) is 29.3 Å². The zero-order valence-electron chi connectivity index (χ0n) is 13.0. The minimum Gasteiger partial charge on any atom is -0.398 e. The molecule has 0 radical (unpaired) electrons. The Morgan fingerprint density at radius 1 is 1.20 bits per heavy atom. The second-order valence-corrected chi connectivity index (χ2v) is 6.82. The predicted molar refractivity (Wildman–Crippen MR) is 80.7 cm³/mol. The lowest BCUT2D eigenvalue weighted by Crippen LogP contribution is -2.58. The van der Waals surface area contributed by atoms with Crippen LogP contribution in [0.2, 0.25) is 0 Å². The second kappa shape index (κ2) is 4.77. The number of hydrogen-bond donors (Lipinski definition) is 1. The third-order valence-electron chi connectivity index (χ3n) is 3.50. The van der Waals surface area contributed by atoms with Gasteiger partial charge in [0.15, 0.2) is 0 Å². The average molecular weight is 276 g/mol. The molecule has 1 aliphatic rings. The topological polar surface area (TPSA) is 55.6 Å². The second-order valence-electron chi connectivity index (χ2n) is 6.82. The number of carbonyl (C=O) groups is 1. The van der Waals surface area contributed by atoms with E-state index in [1.165, 1.54) is 0 Å². The first-order valence-electron chi connectivity index (χ1n) is 6.96. The summed E-state index contributed by atoms with van der Waals surface area (Å²) < 4.78 is 6.01. The first kappa shape index (κ1) is 14.9. The molecule has 0 spiro atoms. The maximum Gasteiger partial charge on any atom is 0.256 e. The molecule has 1 heterocycles. The number of carbonyl (C=O) groups excluding carboxylic acids is 1. The van der Waals surface area contributed by atoms with Gasteiger partial charge in [-0.05, 0) is 46.2 Å². The van der Waals surface area contributed by atoms with E-state index in [-0.39, 0.29) is 17.1 Å². The van der Waals surface area contributed by atoms with Crippen LogP contribution in [0, 0.1) is 6.92 Å². The number of benzene rings is 1. The van der Waals surface area contributed by atoms with Gasteiger partial charge < -0.3 is 15.4 Å². The van der Waals surface area contributed by atoms with Crippen LogP contribution in [0.4, 0.5) is 5.69 Å². The largest absolute Gasteiger partial charge is 0.398 e. The van der Waals surface area contributed by atoms with Crippen LogP contribution in [-0.4, -0.2) is 35.1 Å². The summed E-state index contributed by atoms with van der Waals surface area (Å²) in [6.07, 6.45) is 0. The van der Waals surface area contributed by atoms with Crippen LogP contribution in [0.25, 0.3) is 0 Å². The molecular weight excluding hydrogens is 252 g/mol. The highest BCUT2D eigenvalue weighted by Crippen LogP contribution is 2.30. The minimum atomic E-state index is -0.352. The van der Waals surface area contributed by atoms with Gasteiger partial charge in [0.25, 0.3) is 5.91 Å². The molecule has 1 aliphatic heterocycles. The van der Waals surface area contributed by atoms with Crippen LogP contribution in [0.5, 0.6) is 0 Å². The minimum absolute atomic E-state index is 0.00921. The Bertz CT molecular complexity index is 499. The summed E-state index contributed by atoms with van der Waals surface area (Å²) in [7, 11) is 0. The smallest absolute Gasteiger partial charge is 0.256 e. The molecule has 0 aromatic heterocycles. The SMILES string of the molecule is Cc1cccc(N)c1C(=O)N1CC(C)(C)OC(C)(C)C1. The Kier molecular flexibility index (Phi) is 3.54. The zero-order valence-corrected chi connectivity index (χ0v) is 13.0. The van der Waals surface area contributed by atoms with Crippen molar-refractivity contribution in [3.8, 4) is 0 Å². The van der Waals surface area contributed by atoms with Crippen molar-refractivity contribution in [1.82, 2.24) is 4.90 Å². The number of morpholine rings is 1. The van der Waals surface area contributed by atoms with Crippen molar-refractivity contribution in [1.29, 1.82) is 0 Å². The van der Waals surface area contributed by atoms with Gasteiger partial charge >= 0.3 is 0 Å². The molecule has 20 heavy (non-hydrogen) atoms. The van der Waals surface area contributed by atoms with Crippen LogP contribution in [-0.2, 0) is 4.74 Å². The van der Waals surface area contributed by atoms with Crippen LogP contribution in [0.15, 0.2) is 18.2 Å². The average Bonchev–Trinajstić information content (AvgIpc) is 2.24. The molecule has 0 atom stereocenters. The highest BCUT2D eigenvalue weighted by atomic mass is 16.5. The molecular formula is C16H24N2O2. The maximum absolute atomic E-state index is 12.8. The van der Waals surface area contributed by atoms with E-state index in [1.54, 1.807) is 6.07 Å². The highest BCUT2D eigenvalue weighted by Gasteiger charge is 2.40. The number of ether oxygens (including phenoxy) is 1. The van der Waals surface area contributed by atoms with Gasteiger partial charge in [0.1, 0.15) is 0 Å². The van der Waals surface area contributed by atoms with E-state index in [1.807, 2.05) is 51.7 Å². The van der Waals surface area contributed by atoms with E-state index in [4.69, 9.17) is 10.5 Å². The quantitative estimate of drug-likeness (QED) is 0.802. The van der Waals surface area contributed by atoms with Crippen molar-refractivity contribution in [2.24, 2.45) is 0 Å². The molecule has 0 saturated carbocycles. The number of amides is 1. The lowest BCUT2D eigenvalue weighted by molar-refractivity contribution is -0.171. The molecule has 2 rings (SSSR count). The summed E-state index contributed by atoms with van der Waals surface area (Å²) in [5.41, 5.74) is 7.35. The molecule has 1 aromatic rings. The summed E-state index contributed by atoms with van der Waals surface area (Å²) in [5, 5.41) is 0. The van der Waals surface area contributed by atoms with Crippen molar-refractivity contribution < 1.29 is 9.53 Å². The van der Waals surface area contributed by atoms with Crippen molar-refractivity contribution in [3.63, 3.8) is 0 Å². The van der Waals surface area contributed by atoms with Gasteiger partial charge in [-0.1, -0.05) is 12.1 Å². The number of nitrogen functional groups attached to an aromatic ring is 1. The summed E-state index contributed by atoms with van der Waals surface area (Å²) in [6, 6.07) is 5.56. The number of nitrogens with zero attached hydrogens (tertiary/aromatic N) is 1. The van der Waals surface area contributed by atoms with Crippen molar-refractivity contribution in [2.45, 2.75) is 45.8 Å². The molecule has 0 aliphatic carbocycles. The fraction of sp³-hybridized carbons (Fsp3) is 0.562. The molecule has 0 bridgehead atoms. The Morgan fingerprint density at radius 2 is 1.75 bits per heavy atom. The molecule has 110 valence electrons. The number of aryl methyl sites for hydroxylation is 1. The standard InChI is InChI=1S/C16H24N2O2/c1-11-7-6-8-12(17)13(11)14(19)18-9-15(2,3)20-16(4,5)10-18/h6-8H,9-10,17H2,1-5H3. The van der Waals surface area contributed by atoms with Gasteiger partial charge in [0.05, 0.1) is 16.8 Å². The molecule has 1 saturated heterocycles. The third kappa shape index (κ3) is 2.96. The van der Waals surface area contributed by atoms with E-state index >= 15 is 0 Å². The van der Waals surface area contributed by atoms with Gasteiger partial charge in [-0.15, -0.1) is 0 Å². The Balaban J connectivity index is 2.34. The third-order valence-corrected chi connectivity index (χ3v) is 3.50. The number of hydrogen-bond acceptors (Lipinski definition) is 3. The summed E-state index contributed by atoms with van der Waals surface area (Å²) in [6.45, 7) is 11.1. The lowest BCUT2D eigenvalue weighted by Gasteiger charge is -2.47. The first-order chi connectivity index (χ1) is 9.11. The van der Waals surface area contributed by atoms with E-state index in [2.05, 4.69) is 0 Å². The van der Waals surface area contributed by atoms with E-state index in [9.17, 15) is 4.79 Å². The predicted octanol–water partition coefficient (Wildman–Crippen LogP) is 2.61. The van der Waals surface area contributed by atoms with Crippen molar-refractivity contribution in [2.75, 3.05) is 18.8 Å². The van der Waals surface area contributed by atoms with Gasteiger partial charge in [-0.2, -0.15) is 0 Å². The van der Waals surface area contributed by atoms with E-state index < -0.39 is 0 Å². The summed E-state index contributed by atoms with van der Waals surface area (Å²) in [5.74, 6) is -0.00921. The fourth-order valence-corrected chi connectivity index (χ4v) is 3.07. The zero-order chi connectivity index (χ0) is 15.1. The number of rotatable bonds is 1. The van der Waals surface area contributed by atoms with Gasteiger partial charge in [0.2, 0.25) is 0 Å². The molecule has 4 nitrogen and oxygen atoms in total. The van der Waals surface area contributed by atoms with Crippen LogP contribution in [0.3, 0.4) is 0 Å². The molecule has 1 amide bonds. The Labute approximate surface area is 120 Å². The molecule has 2 N–H and O–H groups in total. The first-order valence-corrected chi connectivity index (χ1v) is 6.96. The molecule has 0 unspecified atom stereocenters. The molecule has 1 aromatic carbocycles. The van der Waals surface area contributed by atoms with Gasteiger partial charge in [0, 0.05) is 18.8 Å². The number of anilines is 1. The van der Waals surface area contributed by atoms with Crippen LogP contribution < -0.4 is 5.73 Å². The maximum atomic E-state index is 12.8. The summed E-state index contributed by atoms with van der Waals surface area (Å²) >= 11 is 0. The van der Waals surface area contributed by atoms with Crippen LogP contribution in [0.1, 0.15) is 43.6 Å². The lowest BCUT2D eigenvalue weighted by atomic mass is 9.97. The highest BCUT2D eigenvalue weighted by molar-refractivity contribution is 6.00. The van der Waals surface area contributed by atoms with Gasteiger partial charge in [-0.3, -0.25) is 4.79 Å². The Morgan fingerprint density at radius 3 is 2.25 bits per heavy atom. The monoisotopic (exact) mass is 276 g/mol. The van der Waals surface area contributed by atoms with E-state index in [0.717, 1.165) is 5.56 Å². The normalized spacial score (nSPS) is 20.8. The van der Waals surface area contributed by atoms with Gasteiger partial charge in [-0.25, -0.2) is 0 Å². The van der Waals surface area contributed by atoms with E-state index in [0.29, 0.717) is 24.3 Å². The molecule has 1 fully saturated rings. The number of nitrogens with two attached hydrogens (primary N) is 1.